The van der Waals surface area contributed by atoms with E-state index in [0.717, 1.165) is 5.75 Å². The SMILES string of the molecule is Cc1cc(C)c(COc2ccccc2C)c(C)c1. The first kappa shape index (κ1) is 12.7. The molecular formula is C17H20O. The molecule has 2 rings (SSSR count). The second-order valence-electron chi connectivity index (χ2n) is 4.93. The monoisotopic (exact) mass is 240 g/mol. The largest absolute Gasteiger partial charge is 0.489 e. The highest BCUT2D eigenvalue weighted by atomic mass is 16.5. The first-order valence-corrected chi connectivity index (χ1v) is 6.33. The highest BCUT2D eigenvalue weighted by Gasteiger charge is 2.05. The molecule has 0 N–H and O–H groups in total. The summed E-state index contributed by atoms with van der Waals surface area (Å²) in [6, 6.07) is 12.6. The highest BCUT2D eigenvalue weighted by Crippen LogP contribution is 2.21. The van der Waals surface area contributed by atoms with Crippen LogP contribution in [0.2, 0.25) is 0 Å². The fourth-order valence-electron chi connectivity index (χ4n) is 2.31. The average Bonchev–Trinajstić information content (AvgIpc) is 2.30. The minimum absolute atomic E-state index is 0.642. The zero-order chi connectivity index (χ0) is 13.1. The van der Waals surface area contributed by atoms with E-state index in [1.165, 1.54) is 27.8 Å². The van der Waals surface area contributed by atoms with Crippen LogP contribution in [0.1, 0.15) is 27.8 Å². The Balaban J connectivity index is 2.19. The second-order valence-corrected chi connectivity index (χ2v) is 4.93. The molecule has 0 saturated heterocycles. The Morgan fingerprint density at radius 2 is 1.44 bits per heavy atom. The number of hydrogen-bond acceptors (Lipinski definition) is 1. The lowest BCUT2D eigenvalue weighted by Crippen LogP contribution is -2.02. The lowest BCUT2D eigenvalue weighted by Gasteiger charge is -2.14. The lowest BCUT2D eigenvalue weighted by molar-refractivity contribution is 0.302. The fourth-order valence-corrected chi connectivity index (χ4v) is 2.31. The zero-order valence-corrected chi connectivity index (χ0v) is 11.6. The summed E-state index contributed by atoms with van der Waals surface area (Å²) in [7, 11) is 0. The summed E-state index contributed by atoms with van der Waals surface area (Å²) in [5.41, 5.74) is 6.40. The predicted octanol–water partition coefficient (Wildman–Crippen LogP) is 4.50. The summed E-state index contributed by atoms with van der Waals surface area (Å²) >= 11 is 0. The molecule has 0 aliphatic heterocycles. The van der Waals surface area contributed by atoms with Crippen LogP contribution in [-0.2, 0) is 6.61 Å². The zero-order valence-electron chi connectivity index (χ0n) is 11.6. The molecule has 0 saturated carbocycles. The van der Waals surface area contributed by atoms with Crippen molar-refractivity contribution in [1.29, 1.82) is 0 Å². The van der Waals surface area contributed by atoms with Gasteiger partial charge in [0.2, 0.25) is 0 Å². The number of benzene rings is 2. The maximum absolute atomic E-state index is 5.92. The van der Waals surface area contributed by atoms with Crippen LogP contribution in [-0.4, -0.2) is 0 Å². The minimum Gasteiger partial charge on any atom is -0.489 e. The Morgan fingerprint density at radius 1 is 0.833 bits per heavy atom. The molecule has 18 heavy (non-hydrogen) atoms. The van der Waals surface area contributed by atoms with Crippen molar-refractivity contribution in [2.45, 2.75) is 34.3 Å². The standard InChI is InChI=1S/C17H20O/c1-12-9-14(3)16(15(4)10-12)11-18-17-8-6-5-7-13(17)2/h5-10H,11H2,1-4H3. The van der Waals surface area contributed by atoms with Crippen molar-refractivity contribution in [2.24, 2.45) is 0 Å². The van der Waals surface area contributed by atoms with E-state index in [2.05, 4.69) is 45.9 Å². The van der Waals surface area contributed by atoms with Gasteiger partial charge in [-0.15, -0.1) is 0 Å². The van der Waals surface area contributed by atoms with Gasteiger partial charge in [-0.2, -0.15) is 0 Å². The predicted molar refractivity (Wildman–Crippen MR) is 76.2 cm³/mol. The molecule has 2 aromatic carbocycles. The molecule has 0 radical (unpaired) electrons. The molecule has 0 fully saturated rings. The molecule has 0 aliphatic rings. The molecule has 0 bridgehead atoms. The molecule has 0 aromatic heterocycles. The van der Waals surface area contributed by atoms with Crippen LogP contribution < -0.4 is 4.74 Å². The first-order valence-electron chi connectivity index (χ1n) is 6.33. The quantitative estimate of drug-likeness (QED) is 0.767. The molecule has 0 aliphatic carbocycles. The molecule has 0 spiro atoms. The molecule has 0 heterocycles. The van der Waals surface area contributed by atoms with Crippen LogP contribution >= 0.6 is 0 Å². The van der Waals surface area contributed by atoms with Gasteiger partial charge in [-0.3, -0.25) is 0 Å². The van der Waals surface area contributed by atoms with Gasteiger partial charge in [0.1, 0.15) is 12.4 Å². The second kappa shape index (κ2) is 5.26. The fraction of sp³-hybridized carbons (Fsp3) is 0.294. The molecule has 0 amide bonds. The van der Waals surface area contributed by atoms with Gasteiger partial charge >= 0.3 is 0 Å². The molecule has 1 heteroatoms. The van der Waals surface area contributed by atoms with Crippen molar-refractivity contribution in [3.8, 4) is 5.75 Å². The third kappa shape index (κ3) is 2.73. The van der Waals surface area contributed by atoms with E-state index in [9.17, 15) is 0 Å². The summed E-state index contributed by atoms with van der Waals surface area (Å²) in [4.78, 5) is 0. The van der Waals surface area contributed by atoms with Crippen LogP contribution in [0.3, 0.4) is 0 Å². The lowest BCUT2D eigenvalue weighted by atomic mass is 10.0. The highest BCUT2D eigenvalue weighted by molar-refractivity contribution is 5.38. The Morgan fingerprint density at radius 3 is 2.06 bits per heavy atom. The van der Waals surface area contributed by atoms with E-state index in [1.807, 2.05) is 18.2 Å². The van der Waals surface area contributed by atoms with Crippen molar-refractivity contribution in [1.82, 2.24) is 0 Å². The van der Waals surface area contributed by atoms with Crippen molar-refractivity contribution < 1.29 is 4.74 Å². The molecule has 94 valence electrons. The smallest absolute Gasteiger partial charge is 0.122 e. The number of hydrogen-bond donors (Lipinski definition) is 0. The van der Waals surface area contributed by atoms with E-state index in [1.54, 1.807) is 0 Å². The van der Waals surface area contributed by atoms with Crippen molar-refractivity contribution in [3.63, 3.8) is 0 Å². The Bertz CT molecular complexity index is 532. The van der Waals surface area contributed by atoms with Crippen molar-refractivity contribution in [3.05, 3.63) is 64.2 Å². The van der Waals surface area contributed by atoms with E-state index >= 15 is 0 Å². The van der Waals surface area contributed by atoms with Crippen molar-refractivity contribution in [2.75, 3.05) is 0 Å². The molecular weight excluding hydrogens is 220 g/mol. The summed E-state index contributed by atoms with van der Waals surface area (Å²) in [6.45, 7) is 9.14. The average molecular weight is 240 g/mol. The number of para-hydroxylation sites is 1. The normalized spacial score (nSPS) is 10.4. The van der Waals surface area contributed by atoms with E-state index in [4.69, 9.17) is 4.74 Å². The number of rotatable bonds is 3. The van der Waals surface area contributed by atoms with Gasteiger partial charge in [0, 0.05) is 0 Å². The maximum Gasteiger partial charge on any atom is 0.122 e. The topological polar surface area (TPSA) is 9.23 Å². The first-order chi connectivity index (χ1) is 8.58. The van der Waals surface area contributed by atoms with Gasteiger partial charge in [0.05, 0.1) is 0 Å². The Hall–Kier alpha value is -1.76. The molecule has 0 atom stereocenters. The third-order valence-electron chi connectivity index (χ3n) is 3.31. The Labute approximate surface area is 109 Å². The van der Waals surface area contributed by atoms with Crippen LogP contribution in [0, 0.1) is 27.7 Å². The van der Waals surface area contributed by atoms with Crippen molar-refractivity contribution >= 4 is 0 Å². The van der Waals surface area contributed by atoms with Gasteiger partial charge in [-0.05, 0) is 56.0 Å². The summed E-state index contributed by atoms with van der Waals surface area (Å²) in [5.74, 6) is 0.969. The van der Waals surface area contributed by atoms with E-state index in [0.29, 0.717) is 6.61 Å². The van der Waals surface area contributed by atoms with Gasteiger partial charge in [-0.1, -0.05) is 35.9 Å². The van der Waals surface area contributed by atoms with E-state index < -0.39 is 0 Å². The minimum atomic E-state index is 0.642. The summed E-state index contributed by atoms with van der Waals surface area (Å²) in [6.07, 6.45) is 0. The maximum atomic E-state index is 5.92. The van der Waals surface area contributed by atoms with Crippen LogP contribution in [0.5, 0.6) is 5.75 Å². The summed E-state index contributed by atoms with van der Waals surface area (Å²) < 4.78 is 5.92. The van der Waals surface area contributed by atoms with Gasteiger partial charge in [0.25, 0.3) is 0 Å². The van der Waals surface area contributed by atoms with Crippen LogP contribution in [0.25, 0.3) is 0 Å². The van der Waals surface area contributed by atoms with Gasteiger partial charge < -0.3 is 4.74 Å². The third-order valence-corrected chi connectivity index (χ3v) is 3.31. The molecule has 2 aromatic rings. The van der Waals surface area contributed by atoms with Crippen LogP contribution in [0.15, 0.2) is 36.4 Å². The molecule has 0 unspecified atom stereocenters. The molecule has 1 nitrogen and oxygen atoms in total. The number of ether oxygens (including phenoxy) is 1. The number of aryl methyl sites for hydroxylation is 4. The van der Waals surface area contributed by atoms with Gasteiger partial charge in [-0.25, -0.2) is 0 Å². The van der Waals surface area contributed by atoms with Gasteiger partial charge in [0.15, 0.2) is 0 Å². The Kier molecular flexibility index (Phi) is 3.71. The van der Waals surface area contributed by atoms with E-state index in [-0.39, 0.29) is 0 Å². The summed E-state index contributed by atoms with van der Waals surface area (Å²) in [5, 5.41) is 0. The van der Waals surface area contributed by atoms with Crippen LogP contribution in [0.4, 0.5) is 0 Å².